The van der Waals surface area contributed by atoms with Gasteiger partial charge in [-0.1, -0.05) is 26.0 Å². The van der Waals surface area contributed by atoms with Crippen LogP contribution in [-0.2, 0) is 14.3 Å². The summed E-state index contributed by atoms with van der Waals surface area (Å²) in [7, 11) is 2.79. The van der Waals surface area contributed by atoms with E-state index in [1.165, 1.54) is 51.7 Å². The van der Waals surface area contributed by atoms with Gasteiger partial charge in [-0.2, -0.15) is 0 Å². The van der Waals surface area contributed by atoms with E-state index in [2.05, 4.69) is 19.9 Å². The summed E-state index contributed by atoms with van der Waals surface area (Å²) >= 11 is 0. The second kappa shape index (κ2) is 7.73. The van der Waals surface area contributed by atoms with Crippen LogP contribution in [0.2, 0.25) is 0 Å². The maximum atomic E-state index is 11.8. The Hall–Kier alpha value is -1.97. The number of carbonyl (C=O) groups is 1. The molecule has 0 heterocycles. The van der Waals surface area contributed by atoms with Gasteiger partial charge in [-0.25, -0.2) is 4.79 Å². The Kier molecular flexibility index (Phi) is 5.92. The van der Waals surface area contributed by atoms with Gasteiger partial charge in [-0.3, -0.25) is 0 Å². The molecule has 0 saturated heterocycles. The smallest absolute Gasteiger partial charge is 0.377 e. The highest BCUT2D eigenvalue weighted by atomic mass is 16.6. The van der Waals surface area contributed by atoms with Crippen molar-refractivity contribution in [2.24, 2.45) is 5.41 Å². The van der Waals surface area contributed by atoms with E-state index in [-0.39, 0.29) is 5.76 Å². The van der Waals surface area contributed by atoms with Crippen LogP contribution in [0.3, 0.4) is 0 Å². The van der Waals surface area contributed by atoms with Crippen LogP contribution in [0.1, 0.15) is 56.6 Å². The fourth-order valence-corrected chi connectivity index (χ4v) is 3.15. The zero-order valence-corrected chi connectivity index (χ0v) is 15.3. The third kappa shape index (κ3) is 4.53. The summed E-state index contributed by atoms with van der Waals surface area (Å²) in [6, 6.07) is 6.26. The molecule has 1 saturated carbocycles. The van der Waals surface area contributed by atoms with E-state index in [1.807, 2.05) is 19.1 Å². The van der Waals surface area contributed by atoms with E-state index in [4.69, 9.17) is 14.2 Å². The monoisotopic (exact) mass is 332 g/mol. The van der Waals surface area contributed by atoms with Crippen LogP contribution in [0.5, 0.6) is 5.75 Å². The SMILES string of the molecule is CO/C=C(\Oc1cc(C2CCC(C)(C)CC2)ccc1C)C(=O)OC. The first kappa shape index (κ1) is 18.4. The summed E-state index contributed by atoms with van der Waals surface area (Å²) in [6.45, 7) is 6.64. The normalized spacial score (nSPS) is 18.1. The maximum absolute atomic E-state index is 11.8. The third-order valence-corrected chi connectivity index (χ3v) is 4.85. The predicted molar refractivity (Wildman–Crippen MR) is 93.9 cm³/mol. The standard InChI is InChI=1S/C20H28O4/c1-14-6-7-16(15-8-10-20(2,3)11-9-15)12-17(14)24-18(13-22-4)19(21)23-5/h6-7,12-13,15H,8-11H2,1-5H3/b18-13-. The number of rotatable bonds is 5. The Morgan fingerprint density at radius 2 is 1.88 bits per heavy atom. The fraction of sp³-hybridized carbons (Fsp3) is 0.550. The summed E-state index contributed by atoms with van der Waals surface area (Å²) in [5.41, 5.74) is 2.69. The van der Waals surface area contributed by atoms with Crippen molar-refractivity contribution >= 4 is 5.97 Å². The molecule has 132 valence electrons. The Bertz CT molecular complexity index is 606. The van der Waals surface area contributed by atoms with Crippen molar-refractivity contribution in [1.29, 1.82) is 0 Å². The second-order valence-corrected chi connectivity index (χ2v) is 7.27. The average molecular weight is 332 g/mol. The molecular formula is C20H28O4. The highest BCUT2D eigenvalue weighted by molar-refractivity contribution is 5.86. The van der Waals surface area contributed by atoms with E-state index in [0.29, 0.717) is 17.1 Å². The van der Waals surface area contributed by atoms with Crippen molar-refractivity contribution in [2.45, 2.75) is 52.4 Å². The van der Waals surface area contributed by atoms with E-state index in [0.717, 1.165) is 5.56 Å². The fourth-order valence-electron chi connectivity index (χ4n) is 3.15. The first-order valence-corrected chi connectivity index (χ1v) is 8.46. The van der Waals surface area contributed by atoms with Gasteiger partial charge < -0.3 is 14.2 Å². The van der Waals surface area contributed by atoms with Crippen LogP contribution in [0.25, 0.3) is 0 Å². The molecule has 1 aliphatic carbocycles. The molecule has 0 aromatic heterocycles. The molecule has 0 aliphatic heterocycles. The largest absolute Gasteiger partial charge is 0.500 e. The first-order valence-electron chi connectivity index (χ1n) is 8.46. The summed E-state index contributed by atoms with van der Waals surface area (Å²) in [5.74, 6) is 0.714. The van der Waals surface area contributed by atoms with Crippen molar-refractivity contribution < 1.29 is 19.0 Å². The zero-order chi connectivity index (χ0) is 17.7. The van der Waals surface area contributed by atoms with Crippen molar-refractivity contribution in [3.05, 3.63) is 41.3 Å². The number of hydrogen-bond donors (Lipinski definition) is 0. The lowest BCUT2D eigenvalue weighted by molar-refractivity contribution is -0.138. The highest BCUT2D eigenvalue weighted by Gasteiger charge is 2.28. The van der Waals surface area contributed by atoms with Crippen LogP contribution in [-0.4, -0.2) is 20.2 Å². The van der Waals surface area contributed by atoms with Crippen LogP contribution < -0.4 is 4.74 Å². The molecule has 0 atom stereocenters. The molecule has 1 aliphatic rings. The van der Waals surface area contributed by atoms with Gasteiger partial charge in [-0.15, -0.1) is 0 Å². The molecule has 24 heavy (non-hydrogen) atoms. The average Bonchev–Trinajstić information content (AvgIpc) is 2.55. The number of methoxy groups -OCH3 is 2. The maximum Gasteiger partial charge on any atom is 0.377 e. The lowest BCUT2D eigenvalue weighted by Gasteiger charge is -2.34. The molecule has 1 aromatic carbocycles. The molecular weight excluding hydrogens is 304 g/mol. The van der Waals surface area contributed by atoms with E-state index in [9.17, 15) is 4.79 Å². The van der Waals surface area contributed by atoms with E-state index >= 15 is 0 Å². The molecule has 2 rings (SSSR count). The predicted octanol–water partition coefficient (Wildman–Crippen LogP) is 4.72. The Balaban J connectivity index is 2.19. The molecule has 0 spiro atoms. The van der Waals surface area contributed by atoms with Gasteiger partial charge in [0.25, 0.3) is 0 Å². The van der Waals surface area contributed by atoms with Gasteiger partial charge in [0.2, 0.25) is 5.76 Å². The number of esters is 1. The topological polar surface area (TPSA) is 44.8 Å². The molecule has 0 radical (unpaired) electrons. The quantitative estimate of drug-likeness (QED) is 0.445. The summed E-state index contributed by atoms with van der Waals surface area (Å²) < 4.78 is 15.4. The van der Waals surface area contributed by atoms with Crippen molar-refractivity contribution in [1.82, 2.24) is 0 Å². The van der Waals surface area contributed by atoms with Gasteiger partial charge in [0.1, 0.15) is 12.0 Å². The number of hydrogen-bond acceptors (Lipinski definition) is 4. The van der Waals surface area contributed by atoms with Gasteiger partial charge in [0.15, 0.2) is 0 Å². The number of ether oxygens (including phenoxy) is 3. The van der Waals surface area contributed by atoms with Crippen LogP contribution in [0, 0.1) is 12.3 Å². The second-order valence-electron chi connectivity index (χ2n) is 7.27. The Morgan fingerprint density at radius 1 is 1.21 bits per heavy atom. The van der Waals surface area contributed by atoms with Crippen molar-refractivity contribution in [3.63, 3.8) is 0 Å². The Labute approximate surface area is 144 Å². The van der Waals surface area contributed by atoms with Crippen molar-refractivity contribution in [2.75, 3.05) is 14.2 Å². The lowest BCUT2D eigenvalue weighted by atomic mass is 9.71. The van der Waals surface area contributed by atoms with Crippen LogP contribution >= 0.6 is 0 Å². The molecule has 4 nitrogen and oxygen atoms in total. The third-order valence-electron chi connectivity index (χ3n) is 4.85. The van der Waals surface area contributed by atoms with E-state index in [1.54, 1.807) is 0 Å². The van der Waals surface area contributed by atoms with Crippen molar-refractivity contribution in [3.8, 4) is 5.75 Å². The number of aryl methyl sites for hydroxylation is 1. The van der Waals surface area contributed by atoms with Gasteiger partial charge >= 0.3 is 5.97 Å². The minimum absolute atomic E-state index is 0.0463. The molecule has 0 N–H and O–H groups in total. The number of benzene rings is 1. The minimum atomic E-state index is -0.555. The van der Waals surface area contributed by atoms with Gasteiger partial charge in [0, 0.05) is 0 Å². The minimum Gasteiger partial charge on any atom is -0.500 e. The molecule has 0 unspecified atom stereocenters. The zero-order valence-electron chi connectivity index (χ0n) is 15.3. The summed E-state index contributed by atoms with van der Waals surface area (Å²) in [4.78, 5) is 11.8. The molecule has 1 aromatic rings. The van der Waals surface area contributed by atoms with Gasteiger partial charge in [0.05, 0.1) is 14.2 Å². The molecule has 4 heteroatoms. The highest BCUT2D eigenvalue weighted by Crippen LogP contribution is 2.43. The lowest BCUT2D eigenvalue weighted by Crippen LogP contribution is -2.20. The van der Waals surface area contributed by atoms with Crippen LogP contribution in [0.15, 0.2) is 30.2 Å². The molecule has 0 amide bonds. The molecule has 0 bridgehead atoms. The Morgan fingerprint density at radius 3 is 2.46 bits per heavy atom. The molecule has 1 fully saturated rings. The van der Waals surface area contributed by atoms with Crippen LogP contribution in [0.4, 0.5) is 0 Å². The number of carbonyl (C=O) groups excluding carboxylic acids is 1. The first-order chi connectivity index (χ1) is 11.4. The summed E-state index contributed by atoms with van der Waals surface area (Å²) in [5, 5.41) is 0. The summed E-state index contributed by atoms with van der Waals surface area (Å²) in [6.07, 6.45) is 6.11. The van der Waals surface area contributed by atoms with E-state index < -0.39 is 5.97 Å². The van der Waals surface area contributed by atoms with Gasteiger partial charge in [-0.05, 0) is 61.1 Å².